The van der Waals surface area contributed by atoms with Gasteiger partial charge in [0.1, 0.15) is 0 Å². The quantitative estimate of drug-likeness (QED) is 0.589. The Bertz CT molecular complexity index is 277. The van der Waals surface area contributed by atoms with Gasteiger partial charge in [0.05, 0.1) is 4.87 Å². The molecule has 2 heteroatoms. The molecule has 1 fully saturated rings. The third kappa shape index (κ3) is 1.25. The first-order valence-electron chi connectivity index (χ1n) is 3.66. The summed E-state index contributed by atoms with van der Waals surface area (Å²) in [5, 5.41) is 0.792. The van der Waals surface area contributed by atoms with E-state index in [1.807, 2.05) is 24.3 Å². The van der Waals surface area contributed by atoms with Gasteiger partial charge in [-0.2, -0.15) is 0 Å². The minimum Gasteiger partial charge on any atom is -0.114 e. The average molecular weight is 187 g/mol. The van der Waals surface area contributed by atoms with Gasteiger partial charge in [0, 0.05) is 5.02 Å². The van der Waals surface area contributed by atoms with Gasteiger partial charge in [-0.15, -0.1) is 11.6 Å². The summed E-state index contributed by atoms with van der Waals surface area (Å²) in [5.74, 6) is 0. The molecule has 0 spiro atoms. The van der Waals surface area contributed by atoms with Crippen molar-refractivity contribution in [3.63, 3.8) is 0 Å². The maximum atomic E-state index is 6.19. The first-order valence-corrected chi connectivity index (χ1v) is 4.42. The summed E-state index contributed by atoms with van der Waals surface area (Å²) in [7, 11) is 0. The molecule has 0 aliphatic heterocycles. The molecule has 1 aliphatic rings. The molecule has 1 aromatic carbocycles. The SMILES string of the molecule is Clc1ccccc1C1(Cl)CC1. The van der Waals surface area contributed by atoms with Crippen LogP contribution in [-0.4, -0.2) is 0 Å². The first-order chi connectivity index (χ1) is 5.22. The number of rotatable bonds is 1. The summed E-state index contributed by atoms with van der Waals surface area (Å²) in [4.78, 5) is -0.127. The summed E-state index contributed by atoms with van der Waals surface area (Å²) in [5.41, 5.74) is 1.09. The Morgan fingerprint density at radius 1 is 1.18 bits per heavy atom. The van der Waals surface area contributed by atoms with Gasteiger partial charge in [-0.25, -0.2) is 0 Å². The van der Waals surface area contributed by atoms with Crippen molar-refractivity contribution in [1.29, 1.82) is 0 Å². The maximum Gasteiger partial charge on any atom is 0.0710 e. The average Bonchev–Trinajstić information content (AvgIpc) is 2.70. The van der Waals surface area contributed by atoms with E-state index in [1.165, 1.54) is 0 Å². The molecule has 0 bridgehead atoms. The predicted molar refractivity (Wildman–Crippen MR) is 48.2 cm³/mol. The molecule has 0 aromatic heterocycles. The molecule has 0 nitrogen and oxygen atoms in total. The van der Waals surface area contributed by atoms with Gasteiger partial charge in [0.25, 0.3) is 0 Å². The normalized spacial score (nSPS) is 19.8. The van der Waals surface area contributed by atoms with E-state index < -0.39 is 0 Å². The lowest BCUT2D eigenvalue weighted by molar-refractivity contribution is 1.02. The van der Waals surface area contributed by atoms with Gasteiger partial charge in [-0.3, -0.25) is 0 Å². The van der Waals surface area contributed by atoms with E-state index in [1.54, 1.807) is 0 Å². The Morgan fingerprint density at radius 3 is 2.36 bits per heavy atom. The minimum absolute atomic E-state index is 0.127. The van der Waals surface area contributed by atoms with Crippen LogP contribution >= 0.6 is 23.2 Å². The summed E-state index contributed by atoms with van der Waals surface area (Å²) >= 11 is 12.2. The van der Waals surface area contributed by atoms with Crippen molar-refractivity contribution in [3.05, 3.63) is 34.9 Å². The molecule has 1 aromatic rings. The van der Waals surface area contributed by atoms with Gasteiger partial charge in [0.15, 0.2) is 0 Å². The molecule has 2 rings (SSSR count). The maximum absolute atomic E-state index is 6.19. The monoisotopic (exact) mass is 186 g/mol. The third-order valence-corrected chi connectivity index (χ3v) is 2.96. The second-order valence-corrected chi connectivity index (χ2v) is 4.08. The molecule has 0 heterocycles. The van der Waals surface area contributed by atoms with Crippen LogP contribution in [0.25, 0.3) is 0 Å². The number of hydrogen-bond acceptors (Lipinski definition) is 0. The zero-order chi connectivity index (χ0) is 7.90. The Labute approximate surface area is 76.1 Å². The Morgan fingerprint density at radius 2 is 1.82 bits per heavy atom. The molecule has 0 N–H and O–H groups in total. The minimum atomic E-state index is -0.127. The number of alkyl halides is 1. The second-order valence-electron chi connectivity index (χ2n) is 2.95. The third-order valence-electron chi connectivity index (χ3n) is 2.05. The van der Waals surface area contributed by atoms with Gasteiger partial charge in [-0.05, 0) is 24.5 Å². The van der Waals surface area contributed by atoms with Crippen LogP contribution in [0.2, 0.25) is 5.02 Å². The van der Waals surface area contributed by atoms with E-state index in [-0.39, 0.29) is 4.87 Å². The molecule has 58 valence electrons. The van der Waals surface area contributed by atoms with Gasteiger partial charge < -0.3 is 0 Å². The highest BCUT2D eigenvalue weighted by atomic mass is 35.5. The molecule has 0 unspecified atom stereocenters. The highest BCUT2D eigenvalue weighted by molar-refractivity contribution is 6.34. The Balaban J connectivity index is 2.45. The molecule has 1 saturated carbocycles. The van der Waals surface area contributed by atoms with E-state index in [2.05, 4.69) is 0 Å². The molecular weight excluding hydrogens is 179 g/mol. The predicted octanol–water partition coefficient (Wildman–Crippen LogP) is 3.57. The van der Waals surface area contributed by atoms with Crippen molar-refractivity contribution in [2.75, 3.05) is 0 Å². The lowest BCUT2D eigenvalue weighted by Crippen LogP contribution is -1.95. The van der Waals surface area contributed by atoms with Crippen LogP contribution < -0.4 is 0 Å². The standard InChI is InChI=1S/C9H8Cl2/c10-8-4-2-1-3-7(8)9(11)5-6-9/h1-4H,5-6H2. The smallest absolute Gasteiger partial charge is 0.0710 e. The molecule has 0 amide bonds. The van der Waals surface area contributed by atoms with Crippen LogP contribution in [0.5, 0.6) is 0 Å². The van der Waals surface area contributed by atoms with Gasteiger partial charge >= 0.3 is 0 Å². The van der Waals surface area contributed by atoms with Crippen molar-refractivity contribution in [1.82, 2.24) is 0 Å². The van der Waals surface area contributed by atoms with E-state index in [4.69, 9.17) is 23.2 Å². The van der Waals surface area contributed by atoms with Crippen molar-refractivity contribution in [2.45, 2.75) is 17.7 Å². The van der Waals surface area contributed by atoms with Crippen molar-refractivity contribution in [3.8, 4) is 0 Å². The topological polar surface area (TPSA) is 0 Å². The molecule has 1 aliphatic carbocycles. The fourth-order valence-corrected chi connectivity index (χ4v) is 1.83. The Hall–Kier alpha value is -0.200. The molecule has 0 radical (unpaired) electrons. The van der Waals surface area contributed by atoms with E-state index in [0.717, 1.165) is 23.4 Å². The molecular formula is C9H8Cl2. The van der Waals surface area contributed by atoms with Crippen molar-refractivity contribution >= 4 is 23.2 Å². The van der Waals surface area contributed by atoms with E-state index >= 15 is 0 Å². The summed E-state index contributed by atoms with van der Waals surface area (Å²) in [6.45, 7) is 0. The number of hydrogen-bond donors (Lipinski definition) is 0. The largest absolute Gasteiger partial charge is 0.114 e. The van der Waals surface area contributed by atoms with Crippen LogP contribution in [0.3, 0.4) is 0 Å². The summed E-state index contributed by atoms with van der Waals surface area (Å²) < 4.78 is 0. The number of benzene rings is 1. The lowest BCUT2D eigenvalue weighted by atomic mass is 10.1. The van der Waals surface area contributed by atoms with E-state index in [0.29, 0.717) is 0 Å². The van der Waals surface area contributed by atoms with Crippen molar-refractivity contribution < 1.29 is 0 Å². The highest BCUT2D eigenvalue weighted by Gasteiger charge is 2.43. The Kier molecular flexibility index (Phi) is 1.62. The molecule has 0 atom stereocenters. The van der Waals surface area contributed by atoms with Crippen LogP contribution in [0.1, 0.15) is 18.4 Å². The number of halogens is 2. The molecule has 11 heavy (non-hydrogen) atoms. The van der Waals surface area contributed by atoms with E-state index in [9.17, 15) is 0 Å². The fraction of sp³-hybridized carbons (Fsp3) is 0.333. The molecule has 0 saturated heterocycles. The lowest BCUT2D eigenvalue weighted by Gasteiger charge is -2.07. The zero-order valence-electron chi connectivity index (χ0n) is 5.98. The van der Waals surface area contributed by atoms with Crippen LogP contribution in [0.4, 0.5) is 0 Å². The summed E-state index contributed by atoms with van der Waals surface area (Å²) in [6, 6.07) is 7.79. The second kappa shape index (κ2) is 2.40. The van der Waals surface area contributed by atoms with Crippen LogP contribution in [0, 0.1) is 0 Å². The van der Waals surface area contributed by atoms with Crippen LogP contribution in [0.15, 0.2) is 24.3 Å². The van der Waals surface area contributed by atoms with Gasteiger partial charge in [-0.1, -0.05) is 29.8 Å². The van der Waals surface area contributed by atoms with Crippen molar-refractivity contribution in [2.24, 2.45) is 0 Å². The van der Waals surface area contributed by atoms with Gasteiger partial charge in [0.2, 0.25) is 0 Å². The van der Waals surface area contributed by atoms with Crippen LogP contribution in [-0.2, 0) is 4.87 Å². The fourth-order valence-electron chi connectivity index (χ4n) is 1.20. The zero-order valence-corrected chi connectivity index (χ0v) is 7.49. The highest BCUT2D eigenvalue weighted by Crippen LogP contribution is 2.53. The summed E-state index contributed by atoms with van der Waals surface area (Å²) in [6.07, 6.45) is 2.11. The first kappa shape index (κ1) is 7.45.